The zero-order chi connectivity index (χ0) is 15.3. The fourth-order valence-electron chi connectivity index (χ4n) is 7.59. The van der Waals surface area contributed by atoms with Gasteiger partial charge in [0.25, 0.3) is 0 Å². The standard InChI is InChI=1S/C19H31NO2/c1-18-6-5-12-11(13(18)8-14(20)17(18)21)4-3-10-7-15-16(22-15)9-19(10,12)2/h10-17,21H,3-9,20H2,1-2H3/t10?,11-,12+,13+,14?,15+,16-,17+,18+,19+/m1/s1. The summed E-state index contributed by atoms with van der Waals surface area (Å²) in [5, 5.41) is 10.6. The second-order valence-electron chi connectivity index (χ2n) is 9.70. The van der Waals surface area contributed by atoms with E-state index >= 15 is 0 Å². The lowest BCUT2D eigenvalue weighted by Crippen LogP contribution is -2.54. The molecule has 5 rings (SSSR count). The Bertz CT molecular complexity index is 496. The Morgan fingerprint density at radius 2 is 1.82 bits per heavy atom. The minimum atomic E-state index is -0.286. The van der Waals surface area contributed by atoms with E-state index in [-0.39, 0.29) is 17.6 Å². The van der Waals surface area contributed by atoms with E-state index in [2.05, 4.69) is 13.8 Å². The van der Waals surface area contributed by atoms with Crippen molar-refractivity contribution in [1.82, 2.24) is 0 Å². The highest BCUT2D eigenvalue weighted by atomic mass is 16.6. The smallest absolute Gasteiger partial charge is 0.0847 e. The van der Waals surface area contributed by atoms with Crippen LogP contribution in [-0.2, 0) is 4.74 Å². The summed E-state index contributed by atoms with van der Waals surface area (Å²) in [6.07, 6.45) is 9.75. The molecule has 22 heavy (non-hydrogen) atoms. The molecule has 3 heteroatoms. The molecule has 0 spiro atoms. The Balaban J connectivity index is 1.47. The van der Waals surface area contributed by atoms with Crippen molar-refractivity contribution in [2.24, 2.45) is 40.2 Å². The van der Waals surface area contributed by atoms with Gasteiger partial charge in [0.1, 0.15) is 0 Å². The van der Waals surface area contributed by atoms with E-state index in [9.17, 15) is 5.11 Å². The largest absolute Gasteiger partial charge is 0.391 e. The van der Waals surface area contributed by atoms with Crippen molar-refractivity contribution in [3.63, 3.8) is 0 Å². The quantitative estimate of drug-likeness (QED) is 0.677. The molecule has 0 aromatic carbocycles. The molecule has 0 aromatic rings. The third-order valence-electron chi connectivity index (χ3n) is 8.96. The second-order valence-corrected chi connectivity index (χ2v) is 9.70. The van der Waals surface area contributed by atoms with Crippen LogP contribution in [0.2, 0.25) is 0 Å². The summed E-state index contributed by atoms with van der Waals surface area (Å²) in [7, 11) is 0. The highest BCUT2D eigenvalue weighted by Gasteiger charge is 2.64. The summed E-state index contributed by atoms with van der Waals surface area (Å²) in [5.74, 6) is 3.15. The van der Waals surface area contributed by atoms with Crippen molar-refractivity contribution in [1.29, 1.82) is 0 Å². The third-order valence-corrected chi connectivity index (χ3v) is 8.96. The molecule has 1 saturated heterocycles. The van der Waals surface area contributed by atoms with Gasteiger partial charge in [-0.25, -0.2) is 0 Å². The molecule has 124 valence electrons. The summed E-state index contributed by atoms with van der Waals surface area (Å²) in [6, 6.07) is 0.00165. The van der Waals surface area contributed by atoms with Crippen molar-refractivity contribution in [2.45, 2.75) is 83.1 Å². The van der Waals surface area contributed by atoms with Gasteiger partial charge in [-0.2, -0.15) is 0 Å². The Labute approximate surface area is 134 Å². The minimum absolute atomic E-state index is 0.00165. The molecular weight excluding hydrogens is 274 g/mol. The molecule has 1 aliphatic heterocycles. The predicted octanol–water partition coefficient (Wildman–Crippen LogP) is 2.70. The molecule has 4 aliphatic carbocycles. The van der Waals surface area contributed by atoms with E-state index in [4.69, 9.17) is 10.5 Å². The van der Waals surface area contributed by atoms with Gasteiger partial charge in [-0.15, -0.1) is 0 Å². The molecule has 4 saturated carbocycles. The predicted molar refractivity (Wildman–Crippen MR) is 85.1 cm³/mol. The van der Waals surface area contributed by atoms with Crippen molar-refractivity contribution in [2.75, 3.05) is 0 Å². The lowest BCUT2D eigenvalue weighted by atomic mass is 9.45. The molecule has 10 atom stereocenters. The van der Waals surface area contributed by atoms with Crippen LogP contribution in [0.15, 0.2) is 0 Å². The highest BCUT2D eigenvalue weighted by molar-refractivity contribution is 5.14. The molecule has 0 amide bonds. The lowest BCUT2D eigenvalue weighted by Gasteiger charge is -2.59. The first kappa shape index (κ1) is 14.2. The Morgan fingerprint density at radius 3 is 2.64 bits per heavy atom. The number of epoxide rings is 1. The minimum Gasteiger partial charge on any atom is -0.391 e. The summed E-state index contributed by atoms with van der Waals surface area (Å²) in [5.41, 5.74) is 6.83. The first-order valence-corrected chi connectivity index (χ1v) is 9.52. The average molecular weight is 305 g/mol. The zero-order valence-corrected chi connectivity index (χ0v) is 14.0. The molecule has 5 fully saturated rings. The first-order chi connectivity index (χ1) is 10.4. The van der Waals surface area contributed by atoms with E-state index in [1.165, 1.54) is 38.5 Å². The molecule has 1 heterocycles. The number of hydrogen-bond acceptors (Lipinski definition) is 3. The monoisotopic (exact) mass is 305 g/mol. The van der Waals surface area contributed by atoms with E-state index in [1.807, 2.05) is 0 Å². The number of ether oxygens (including phenoxy) is 1. The van der Waals surface area contributed by atoms with Crippen LogP contribution in [0.5, 0.6) is 0 Å². The SMILES string of the molecule is C[C@]12CC[C@H]3[C@@H](CCC4C[C@@H]5O[C@@H]5C[C@@]43C)[C@@H]1CC(N)[C@@H]2O. The molecule has 3 nitrogen and oxygen atoms in total. The number of fused-ring (bicyclic) bond motifs is 6. The maximum atomic E-state index is 10.6. The van der Waals surface area contributed by atoms with Gasteiger partial charge in [-0.05, 0) is 79.4 Å². The highest BCUT2D eigenvalue weighted by Crippen LogP contribution is 2.67. The van der Waals surface area contributed by atoms with E-state index in [0.717, 1.165) is 24.2 Å². The number of aliphatic hydroxyl groups is 1. The van der Waals surface area contributed by atoms with Gasteiger partial charge in [0.15, 0.2) is 0 Å². The molecule has 2 unspecified atom stereocenters. The van der Waals surface area contributed by atoms with Gasteiger partial charge in [0.2, 0.25) is 0 Å². The molecular formula is C19H31NO2. The van der Waals surface area contributed by atoms with Gasteiger partial charge in [0.05, 0.1) is 18.3 Å². The van der Waals surface area contributed by atoms with Crippen LogP contribution in [0.3, 0.4) is 0 Å². The number of aliphatic hydroxyl groups excluding tert-OH is 1. The van der Waals surface area contributed by atoms with Crippen molar-refractivity contribution >= 4 is 0 Å². The number of hydrogen-bond donors (Lipinski definition) is 2. The lowest BCUT2D eigenvalue weighted by molar-refractivity contribution is -0.117. The van der Waals surface area contributed by atoms with Gasteiger partial charge < -0.3 is 15.6 Å². The van der Waals surface area contributed by atoms with Crippen LogP contribution in [0.25, 0.3) is 0 Å². The topological polar surface area (TPSA) is 58.8 Å². The maximum absolute atomic E-state index is 10.6. The van der Waals surface area contributed by atoms with Crippen LogP contribution in [-0.4, -0.2) is 29.5 Å². The van der Waals surface area contributed by atoms with Crippen molar-refractivity contribution in [3.05, 3.63) is 0 Å². The van der Waals surface area contributed by atoms with Crippen LogP contribution in [0.1, 0.15) is 58.8 Å². The molecule has 5 aliphatic rings. The number of rotatable bonds is 0. The summed E-state index contributed by atoms with van der Waals surface area (Å²) < 4.78 is 5.90. The summed E-state index contributed by atoms with van der Waals surface area (Å²) in [4.78, 5) is 0. The zero-order valence-electron chi connectivity index (χ0n) is 14.0. The average Bonchev–Trinajstić information content (AvgIpc) is 3.18. The van der Waals surface area contributed by atoms with Gasteiger partial charge in [0, 0.05) is 6.04 Å². The van der Waals surface area contributed by atoms with E-state index in [1.54, 1.807) is 0 Å². The Morgan fingerprint density at radius 1 is 1.00 bits per heavy atom. The van der Waals surface area contributed by atoms with Crippen LogP contribution in [0, 0.1) is 34.5 Å². The number of nitrogens with two attached hydrogens (primary N) is 1. The van der Waals surface area contributed by atoms with Gasteiger partial charge in [-0.1, -0.05) is 13.8 Å². The molecule has 3 N–H and O–H groups in total. The van der Waals surface area contributed by atoms with Crippen LogP contribution in [0.4, 0.5) is 0 Å². The van der Waals surface area contributed by atoms with Crippen molar-refractivity contribution < 1.29 is 9.84 Å². The van der Waals surface area contributed by atoms with E-state index < -0.39 is 0 Å². The second kappa shape index (κ2) is 4.29. The third kappa shape index (κ3) is 1.63. The van der Waals surface area contributed by atoms with Crippen LogP contribution >= 0.6 is 0 Å². The van der Waals surface area contributed by atoms with Crippen LogP contribution < -0.4 is 5.73 Å². The first-order valence-electron chi connectivity index (χ1n) is 9.52. The Hall–Kier alpha value is -0.120. The Kier molecular flexibility index (Phi) is 2.77. The van der Waals surface area contributed by atoms with Gasteiger partial charge >= 0.3 is 0 Å². The maximum Gasteiger partial charge on any atom is 0.0847 e. The fourth-order valence-corrected chi connectivity index (χ4v) is 7.59. The molecule has 0 radical (unpaired) electrons. The van der Waals surface area contributed by atoms with Gasteiger partial charge in [-0.3, -0.25) is 0 Å². The normalized spacial score (nSPS) is 66.0. The fraction of sp³-hybridized carbons (Fsp3) is 1.00. The van der Waals surface area contributed by atoms with Crippen molar-refractivity contribution in [3.8, 4) is 0 Å². The van der Waals surface area contributed by atoms with E-state index in [0.29, 0.717) is 23.5 Å². The molecule has 0 bridgehead atoms. The molecule has 0 aromatic heterocycles. The summed E-state index contributed by atoms with van der Waals surface area (Å²) >= 11 is 0. The summed E-state index contributed by atoms with van der Waals surface area (Å²) in [6.45, 7) is 4.89.